The van der Waals surface area contributed by atoms with Gasteiger partial charge < -0.3 is 5.32 Å². The lowest BCUT2D eigenvalue weighted by Crippen LogP contribution is -2.52. The largest absolute Gasteiger partial charge is 0.315 e. The first kappa shape index (κ1) is 12.4. The molecule has 0 spiro atoms. The molecule has 0 aliphatic carbocycles. The zero-order chi connectivity index (χ0) is 12.5. The van der Waals surface area contributed by atoms with Crippen molar-refractivity contribution < 1.29 is 17.2 Å². The highest BCUT2D eigenvalue weighted by atomic mass is 32.2. The molecule has 1 aromatic carbocycles. The summed E-state index contributed by atoms with van der Waals surface area (Å²) in [6, 6.07) is 7.40. The van der Waals surface area contributed by atoms with Gasteiger partial charge in [-0.1, -0.05) is 18.2 Å². The molecule has 1 saturated heterocycles. The van der Waals surface area contributed by atoms with E-state index in [1.807, 2.05) is 0 Å². The third kappa shape index (κ3) is 2.32. The molecule has 1 heterocycles. The minimum absolute atomic E-state index is 0.0478. The molecule has 1 aromatic rings. The summed E-state index contributed by atoms with van der Waals surface area (Å²) in [5.74, 6) is -3.17. The van der Waals surface area contributed by atoms with E-state index in [9.17, 15) is 17.2 Å². The molecular formula is C11H13F2NO2S. The van der Waals surface area contributed by atoms with Gasteiger partial charge in [0.15, 0.2) is 9.84 Å². The van der Waals surface area contributed by atoms with Crippen LogP contribution in [0.5, 0.6) is 0 Å². The predicted molar refractivity (Wildman–Crippen MR) is 59.8 cm³/mol. The first-order chi connectivity index (χ1) is 7.94. The summed E-state index contributed by atoms with van der Waals surface area (Å²) in [6.07, 6.45) is -0.441. The van der Waals surface area contributed by atoms with Crippen LogP contribution in [0.2, 0.25) is 0 Å². The fraction of sp³-hybridized carbons (Fsp3) is 0.455. The number of hydrogen-bond donors (Lipinski definition) is 1. The van der Waals surface area contributed by atoms with Gasteiger partial charge in [0, 0.05) is 19.5 Å². The summed E-state index contributed by atoms with van der Waals surface area (Å²) in [4.78, 5) is -0.0478. The molecule has 3 nitrogen and oxygen atoms in total. The third-order valence-corrected chi connectivity index (χ3v) is 5.07. The fourth-order valence-electron chi connectivity index (χ4n) is 1.91. The van der Waals surface area contributed by atoms with E-state index in [1.54, 1.807) is 6.07 Å². The lowest BCUT2D eigenvalue weighted by atomic mass is 10.1. The molecule has 2 rings (SSSR count). The monoisotopic (exact) mass is 261 g/mol. The number of sulfone groups is 1. The Kier molecular flexibility index (Phi) is 3.18. The summed E-state index contributed by atoms with van der Waals surface area (Å²) < 4.78 is 51.4. The average Bonchev–Trinajstić information content (AvgIpc) is 2.29. The van der Waals surface area contributed by atoms with Gasteiger partial charge in [0.2, 0.25) is 0 Å². The normalized spacial score (nSPS) is 24.5. The van der Waals surface area contributed by atoms with Crippen molar-refractivity contribution in [3.63, 3.8) is 0 Å². The number of nitrogens with one attached hydrogen (secondary N) is 1. The zero-order valence-corrected chi connectivity index (χ0v) is 9.88. The number of alkyl halides is 2. The lowest BCUT2D eigenvalue weighted by molar-refractivity contribution is -0.0233. The second kappa shape index (κ2) is 4.34. The van der Waals surface area contributed by atoms with Crippen molar-refractivity contribution in [1.29, 1.82) is 0 Å². The second-order valence-electron chi connectivity index (χ2n) is 4.06. The highest BCUT2D eigenvalue weighted by molar-refractivity contribution is 7.92. The van der Waals surface area contributed by atoms with Crippen LogP contribution >= 0.6 is 0 Å². The Morgan fingerprint density at radius 2 is 1.88 bits per heavy atom. The van der Waals surface area contributed by atoms with Crippen molar-refractivity contribution in [2.75, 3.05) is 13.1 Å². The summed E-state index contributed by atoms with van der Waals surface area (Å²) in [5, 5.41) is 1.03. The molecule has 0 aromatic heterocycles. The van der Waals surface area contributed by atoms with E-state index in [-0.39, 0.29) is 18.0 Å². The van der Waals surface area contributed by atoms with Crippen molar-refractivity contribution in [2.45, 2.75) is 22.5 Å². The van der Waals surface area contributed by atoms with Gasteiger partial charge in [-0.15, -0.1) is 0 Å². The molecule has 1 N–H and O–H groups in total. The minimum atomic E-state index is -3.98. The van der Waals surface area contributed by atoms with Crippen LogP contribution in [0, 0.1) is 0 Å². The smallest absolute Gasteiger partial charge is 0.267 e. The van der Waals surface area contributed by atoms with Gasteiger partial charge >= 0.3 is 0 Å². The Balaban J connectivity index is 2.39. The SMILES string of the molecule is O=S(=O)(c1ccccc1)[C@H]1CNCCC1(F)F. The molecule has 1 fully saturated rings. The third-order valence-electron chi connectivity index (χ3n) is 2.88. The van der Waals surface area contributed by atoms with Gasteiger partial charge in [-0.05, 0) is 12.1 Å². The van der Waals surface area contributed by atoms with Crippen molar-refractivity contribution >= 4 is 9.84 Å². The predicted octanol–water partition coefficient (Wildman–Crippen LogP) is 1.46. The quantitative estimate of drug-likeness (QED) is 0.876. The molecule has 1 aliphatic rings. The molecule has 1 aliphatic heterocycles. The van der Waals surface area contributed by atoms with Crippen LogP contribution in [0.4, 0.5) is 8.78 Å². The molecule has 0 saturated carbocycles. The minimum Gasteiger partial charge on any atom is -0.315 e. The number of halogens is 2. The Morgan fingerprint density at radius 3 is 2.47 bits per heavy atom. The molecule has 17 heavy (non-hydrogen) atoms. The van der Waals surface area contributed by atoms with Crippen molar-refractivity contribution in [3.8, 4) is 0 Å². The first-order valence-corrected chi connectivity index (χ1v) is 6.87. The van der Waals surface area contributed by atoms with Gasteiger partial charge in [-0.25, -0.2) is 17.2 Å². The maximum absolute atomic E-state index is 13.6. The molecule has 0 radical (unpaired) electrons. The Labute approximate surface area is 98.8 Å². The van der Waals surface area contributed by atoms with Gasteiger partial charge in [-0.2, -0.15) is 0 Å². The highest BCUT2D eigenvalue weighted by Gasteiger charge is 2.49. The maximum Gasteiger partial charge on any atom is 0.267 e. The molecule has 0 unspecified atom stereocenters. The molecule has 6 heteroatoms. The van der Waals surface area contributed by atoms with E-state index in [0.717, 1.165) is 0 Å². The molecule has 0 bridgehead atoms. The Bertz CT molecular complexity index is 487. The summed E-state index contributed by atoms with van der Waals surface area (Å²) >= 11 is 0. The van der Waals surface area contributed by atoms with E-state index in [0.29, 0.717) is 0 Å². The van der Waals surface area contributed by atoms with Crippen LogP contribution < -0.4 is 5.32 Å². The second-order valence-corrected chi connectivity index (χ2v) is 6.19. The Hall–Kier alpha value is -1.01. The number of benzene rings is 1. The fourth-order valence-corrected chi connectivity index (χ4v) is 3.68. The van der Waals surface area contributed by atoms with Crippen LogP contribution in [-0.2, 0) is 9.84 Å². The highest BCUT2D eigenvalue weighted by Crippen LogP contribution is 2.33. The van der Waals surface area contributed by atoms with Crippen molar-refractivity contribution in [3.05, 3.63) is 30.3 Å². The van der Waals surface area contributed by atoms with E-state index in [2.05, 4.69) is 5.32 Å². The van der Waals surface area contributed by atoms with Crippen LogP contribution in [0.25, 0.3) is 0 Å². The van der Waals surface area contributed by atoms with Crippen LogP contribution in [-0.4, -0.2) is 32.7 Å². The zero-order valence-electron chi connectivity index (χ0n) is 9.07. The van der Waals surface area contributed by atoms with Crippen LogP contribution in [0.3, 0.4) is 0 Å². The van der Waals surface area contributed by atoms with Gasteiger partial charge in [-0.3, -0.25) is 0 Å². The average molecular weight is 261 g/mol. The number of rotatable bonds is 2. The van der Waals surface area contributed by atoms with Crippen LogP contribution in [0.15, 0.2) is 35.2 Å². The summed E-state index contributed by atoms with van der Waals surface area (Å²) in [5.41, 5.74) is 0. The molecular weight excluding hydrogens is 248 g/mol. The molecule has 1 atom stereocenters. The van der Waals surface area contributed by atoms with Crippen molar-refractivity contribution in [2.24, 2.45) is 0 Å². The van der Waals surface area contributed by atoms with E-state index >= 15 is 0 Å². The summed E-state index contributed by atoms with van der Waals surface area (Å²) in [6.45, 7) is -0.0575. The van der Waals surface area contributed by atoms with Gasteiger partial charge in [0.05, 0.1) is 4.90 Å². The van der Waals surface area contributed by atoms with E-state index in [4.69, 9.17) is 0 Å². The molecule has 0 amide bonds. The van der Waals surface area contributed by atoms with E-state index < -0.39 is 27.4 Å². The Morgan fingerprint density at radius 1 is 1.24 bits per heavy atom. The van der Waals surface area contributed by atoms with Crippen LogP contribution in [0.1, 0.15) is 6.42 Å². The van der Waals surface area contributed by atoms with E-state index in [1.165, 1.54) is 24.3 Å². The maximum atomic E-state index is 13.6. The topological polar surface area (TPSA) is 46.2 Å². The van der Waals surface area contributed by atoms with Gasteiger partial charge in [0.25, 0.3) is 5.92 Å². The van der Waals surface area contributed by atoms with Gasteiger partial charge in [0.1, 0.15) is 5.25 Å². The molecule has 94 valence electrons. The number of hydrogen-bond acceptors (Lipinski definition) is 3. The first-order valence-electron chi connectivity index (χ1n) is 5.32. The standard InChI is InChI=1S/C11H13F2NO2S/c12-11(13)6-7-14-8-10(11)17(15,16)9-4-2-1-3-5-9/h1-5,10,14H,6-8H2/t10-/m0/s1. The number of piperidine rings is 1. The summed E-state index contributed by atoms with van der Waals surface area (Å²) in [7, 11) is -3.98. The lowest BCUT2D eigenvalue weighted by Gasteiger charge is -2.31. The van der Waals surface area contributed by atoms with Crippen molar-refractivity contribution in [1.82, 2.24) is 5.32 Å².